The quantitative estimate of drug-likeness (QED) is 0.655. The maximum absolute atomic E-state index is 5.48. The molecule has 0 atom stereocenters. The van der Waals surface area contributed by atoms with Gasteiger partial charge in [-0.2, -0.15) is 5.10 Å². The molecule has 0 saturated carbocycles. The lowest BCUT2D eigenvalue weighted by Gasteiger charge is -2.04. The number of nitrogens with zero attached hydrogens (tertiary/aromatic N) is 2. The van der Waals surface area contributed by atoms with E-state index in [1.54, 1.807) is 13.3 Å². The molecule has 0 radical (unpaired) electrons. The van der Waals surface area contributed by atoms with E-state index in [1.165, 1.54) is 0 Å². The fraction of sp³-hybridized carbons (Fsp3) is 0.700. The van der Waals surface area contributed by atoms with Gasteiger partial charge in [-0.25, -0.2) is 0 Å². The van der Waals surface area contributed by atoms with Gasteiger partial charge in [0.15, 0.2) is 5.75 Å². The van der Waals surface area contributed by atoms with Crippen molar-refractivity contribution in [1.82, 2.24) is 9.78 Å². The minimum atomic E-state index is 0.381. The largest absolute Gasteiger partial charge is 0.490 e. The molecule has 1 heterocycles. The summed E-state index contributed by atoms with van der Waals surface area (Å²) in [4.78, 5) is 0. The highest BCUT2D eigenvalue weighted by molar-refractivity contribution is 5.11. The Morgan fingerprint density at radius 2 is 2.21 bits per heavy atom. The van der Waals surface area contributed by atoms with E-state index in [0.717, 1.165) is 18.8 Å². The van der Waals surface area contributed by atoms with Crippen LogP contribution in [0.1, 0.15) is 26.3 Å². The van der Waals surface area contributed by atoms with Gasteiger partial charge >= 0.3 is 0 Å². The molecule has 0 fully saturated rings. The molecule has 0 N–H and O–H groups in total. The third-order valence-corrected chi connectivity index (χ3v) is 1.87. The van der Waals surface area contributed by atoms with E-state index in [9.17, 15) is 0 Å². The number of hydrogen-bond acceptors (Lipinski definition) is 3. The predicted molar refractivity (Wildman–Crippen MR) is 54.6 cm³/mol. The van der Waals surface area contributed by atoms with Gasteiger partial charge in [-0.15, -0.1) is 0 Å². The Bertz CT molecular complexity index is 258. The lowest BCUT2D eigenvalue weighted by Crippen LogP contribution is -2.01. The highest BCUT2D eigenvalue weighted by Gasteiger charge is 2.01. The molecule has 0 aliphatic heterocycles. The van der Waals surface area contributed by atoms with Crippen molar-refractivity contribution in [2.75, 3.05) is 20.3 Å². The zero-order chi connectivity index (χ0) is 10.4. The molecule has 0 aromatic carbocycles. The molecule has 1 aromatic heterocycles. The number of hydrogen-bond donors (Lipinski definition) is 0. The first kappa shape index (κ1) is 11.0. The van der Waals surface area contributed by atoms with Crippen molar-refractivity contribution in [3.05, 3.63) is 12.4 Å². The van der Waals surface area contributed by atoms with Crippen LogP contribution in [0.5, 0.6) is 5.75 Å². The molecule has 4 nitrogen and oxygen atoms in total. The normalized spacial score (nSPS) is 10.9. The molecule has 1 aromatic rings. The average molecular weight is 198 g/mol. The minimum absolute atomic E-state index is 0.381. The van der Waals surface area contributed by atoms with Crippen LogP contribution in [-0.4, -0.2) is 30.1 Å². The monoisotopic (exact) mass is 198 g/mol. The van der Waals surface area contributed by atoms with Crippen LogP contribution in [0.15, 0.2) is 12.4 Å². The molecular weight excluding hydrogens is 180 g/mol. The van der Waals surface area contributed by atoms with Crippen molar-refractivity contribution in [2.24, 2.45) is 0 Å². The van der Waals surface area contributed by atoms with Crippen LogP contribution in [0.3, 0.4) is 0 Å². The zero-order valence-electron chi connectivity index (χ0n) is 9.06. The summed E-state index contributed by atoms with van der Waals surface area (Å²) >= 11 is 0. The summed E-state index contributed by atoms with van der Waals surface area (Å²) in [5, 5.41) is 4.18. The predicted octanol–water partition coefficient (Wildman–Crippen LogP) is 1.88. The van der Waals surface area contributed by atoms with Gasteiger partial charge in [-0.05, 0) is 13.8 Å². The Labute approximate surface area is 84.8 Å². The summed E-state index contributed by atoms with van der Waals surface area (Å²) in [6.45, 7) is 5.58. The first-order valence-corrected chi connectivity index (χ1v) is 4.90. The number of aromatic nitrogens is 2. The number of ether oxygens (including phenoxy) is 2. The Hall–Kier alpha value is -1.03. The highest BCUT2D eigenvalue weighted by Crippen LogP contribution is 2.12. The second kappa shape index (κ2) is 5.65. The van der Waals surface area contributed by atoms with E-state index in [-0.39, 0.29) is 0 Å². The molecular formula is C10H18N2O2. The highest BCUT2D eigenvalue weighted by atomic mass is 16.5. The van der Waals surface area contributed by atoms with E-state index in [1.807, 2.05) is 10.9 Å². The first-order valence-electron chi connectivity index (χ1n) is 4.90. The summed E-state index contributed by atoms with van der Waals surface area (Å²) < 4.78 is 12.3. The SMILES string of the molecule is COCCCOc1cnn(C(C)C)c1. The number of rotatable bonds is 6. The maximum Gasteiger partial charge on any atom is 0.157 e. The van der Waals surface area contributed by atoms with Crippen LogP contribution in [0, 0.1) is 0 Å². The van der Waals surface area contributed by atoms with Crippen LogP contribution in [0.25, 0.3) is 0 Å². The van der Waals surface area contributed by atoms with E-state index in [2.05, 4.69) is 18.9 Å². The van der Waals surface area contributed by atoms with Gasteiger partial charge in [-0.1, -0.05) is 0 Å². The van der Waals surface area contributed by atoms with Gasteiger partial charge in [-0.3, -0.25) is 4.68 Å². The maximum atomic E-state index is 5.48. The smallest absolute Gasteiger partial charge is 0.157 e. The fourth-order valence-electron chi connectivity index (χ4n) is 1.07. The van der Waals surface area contributed by atoms with Gasteiger partial charge in [0.1, 0.15) is 0 Å². The van der Waals surface area contributed by atoms with Gasteiger partial charge in [0.2, 0.25) is 0 Å². The number of methoxy groups -OCH3 is 1. The molecule has 0 amide bonds. The van der Waals surface area contributed by atoms with Gasteiger partial charge in [0, 0.05) is 26.2 Å². The van der Waals surface area contributed by atoms with Gasteiger partial charge in [0.05, 0.1) is 19.0 Å². The van der Waals surface area contributed by atoms with E-state index in [0.29, 0.717) is 12.6 Å². The van der Waals surface area contributed by atoms with Crippen LogP contribution in [-0.2, 0) is 4.74 Å². The van der Waals surface area contributed by atoms with Crippen molar-refractivity contribution >= 4 is 0 Å². The Morgan fingerprint density at radius 1 is 1.43 bits per heavy atom. The molecule has 0 spiro atoms. The molecule has 80 valence electrons. The van der Waals surface area contributed by atoms with E-state index >= 15 is 0 Å². The molecule has 0 saturated heterocycles. The van der Waals surface area contributed by atoms with Crippen LogP contribution < -0.4 is 4.74 Å². The second-order valence-corrected chi connectivity index (χ2v) is 3.44. The topological polar surface area (TPSA) is 36.3 Å². The molecule has 0 aliphatic carbocycles. The summed E-state index contributed by atoms with van der Waals surface area (Å²) in [7, 11) is 1.69. The Kier molecular flexibility index (Phi) is 4.46. The standard InChI is InChI=1S/C10H18N2O2/c1-9(2)12-8-10(7-11-12)14-6-4-5-13-3/h7-9H,4-6H2,1-3H3. The summed E-state index contributed by atoms with van der Waals surface area (Å²) in [5.41, 5.74) is 0. The summed E-state index contributed by atoms with van der Waals surface area (Å²) in [6.07, 6.45) is 4.56. The molecule has 1 rings (SSSR count). The lowest BCUT2D eigenvalue weighted by molar-refractivity contribution is 0.172. The van der Waals surface area contributed by atoms with Gasteiger partial charge in [0.25, 0.3) is 0 Å². The van der Waals surface area contributed by atoms with Crippen LogP contribution in [0.2, 0.25) is 0 Å². The third kappa shape index (κ3) is 3.38. The van der Waals surface area contributed by atoms with Crippen LogP contribution >= 0.6 is 0 Å². The third-order valence-electron chi connectivity index (χ3n) is 1.87. The van der Waals surface area contributed by atoms with Crippen molar-refractivity contribution < 1.29 is 9.47 Å². The van der Waals surface area contributed by atoms with Crippen molar-refractivity contribution in [2.45, 2.75) is 26.3 Å². The van der Waals surface area contributed by atoms with Crippen molar-refractivity contribution in [1.29, 1.82) is 0 Å². The molecule has 0 unspecified atom stereocenters. The summed E-state index contributed by atoms with van der Waals surface area (Å²) in [6, 6.07) is 0.381. The van der Waals surface area contributed by atoms with Crippen molar-refractivity contribution in [3.63, 3.8) is 0 Å². The fourth-order valence-corrected chi connectivity index (χ4v) is 1.07. The molecule has 0 bridgehead atoms. The Balaban J connectivity index is 2.29. The molecule has 4 heteroatoms. The van der Waals surface area contributed by atoms with E-state index < -0.39 is 0 Å². The lowest BCUT2D eigenvalue weighted by atomic mass is 10.4. The molecule has 0 aliphatic rings. The minimum Gasteiger partial charge on any atom is -0.490 e. The summed E-state index contributed by atoms with van der Waals surface area (Å²) in [5.74, 6) is 0.829. The van der Waals surface area contributed by atoms with Crippen molar-refractivity contribution in [3.8, 4) is 5.75 Å². The van der Waals surface area contributed by atoms with Gasteiger partial charge < -0.3 is 9.47 Å². The molecule has 14 heavy (non-hydrogen) atoms. The van der Waals surface area contributed by atoms with Crippen LogP contribution in [0.4, 0.5) is 0 Å². The average Bonchev–Trinajstić information content (AvgIpc) is 2.61. The first-order chi connectivity index (χ1) is 6.74. The second-order valence-electron chi connectivity index (χ2n) is 3.44. The Morgan fingerprint density at radius 3 is 2.79 bits per heavy atom. The van der Waals surface area contributed by atoms with E-state index in [4.69, 9.17) is 9.47 Å². The zero-order valence-corrected chi connectivity index (χ0v) is 9.06.